The Morgan fingerprint density at radius 3 is 2.31 bits per heavy atom. The number of benzene rings is 1. The van der Waals surface area contributed by atoms with Crippen LogP contribution in [0.2, 0.25) is 0 Å². The second-order valence-electron chi connectivity index (χ2n) is 7.34. The van der Waals surface area contributed by atoms with E-state index in [1.807, 2.05) is 12.1 Å². The predicted molar refractivity (Wildman–Crippen MR) is 101 cm³/mol. The lowest BCUT2D eigenvalue weighted by atomic mass is 9.95. The van der Waals surface area contributed by atoms with Crippen molar-refractivity contribution in [3.8, 4) is 11.8 Å². The SMILES string of the molecule is N#Cc1ccc(OCCN2CCC(C(=O)N3CCCCCC3)CC2)cc1. The van der Waals surface area contributed by atoms with Crippen LogP contribution in [0.25, 0.3) is 0 Å². The van der Waals surface area contributed by atoms with Crippen LogP contribution < -0.4 is 4.74 Å². The van der Waals surface area contributed by atoms with Crippen molar-refractivity contribution in [1.82, 2.24) is 9.80 Å². The molecule has 2 aliphatic rings. The molecule has 5 nitrogen and oxygen atoms in total. The average molecular weight is 355 g/mol. The molecule has 0 saturated carbocycles. The Kier molecular flexibility index (Phi) is 6.90. The molecule has 0 spiro atoms. The number of piperidine rings is 1. The topological polar surface area (TPSA) is 56.6 Å². The maximum absolute atomic E-state index is 12.7. The van der Waals surface area contributed by atoms with E-state index >= 15 is 0 Å². The van der Waals surface area contributed by atoms with Crippen molar-refractivity contribution in [3.63, 3.8) is 0 Å². The van der Waals surface area contributed by atoms with Crippen molar-refractivity contribution in [1.29, 1.82) is 5.26 Å². The summed E-state index contributed by atoms with van der Waals surface area (Å²) >= 11 is 0. The van der Waals surface area contributed by atoms with Gasteiger partial charge in [-0.05, 0) is 63.0 Å². The van der Waals surface area contributed by atoms with Crippen LogP contribution in [0, 0.1) is 17.2 Å². The zero-order chi connectivity index (χ0) is 18.2. The molecule has 2 fully saturated rings. The van der Waals surface area contributed by atoms with Gasteiger partial charge in [0, 0.05) is 25.6 Å². The monoisotopic (exact) mass is 355 g/mol. The van der Waals surface area contributed by atoms with Crippen LogP contribution in [0.3, 0.4) is 0 Å². The van der Waals surface area contributed by atoms with Gasteiger partial charge in [-0.25, -0.2) is 0 Å². The van der Waals surface area contributed by atoms with Crippen LogP contribution in [0.4, 0.5) is 0 Å². The Labute approximate surface area is 156 Å². The van der Waals surface area contributed by atoms with Gasteiger partial charge in [-0.1, -0.05) is 12.8 Å². The Bertz CT molecular complexity index is 607. The Hall–Kier alpha value is -2.06. The molecule has 0 aliphatic carbocycles. The molecule has 26 heavy (non-hydrogen) atoms. The molecule has 140 valence electrons. The first kappa shape index (κ1) is 18.7. The average Bonchev–Trinajstić information content (AvgIpc) is 2.98. The first-order valence-electron chi connectivity index (χ1n) is 9.90. The molecule has 3 rings (SSSR count). The third kappa shape index (κ3) is 5.22. The summed E-state index contributed by atoms with van der Waals surface area (Å²) in [5.74, 6) is 1.40. The van der Waals surface area contributed by atoms with E-state index in [2.05, 4.69) is 15.9 Å². The van der Waals surface area contributed by atoms with Gasteiger partial charge in [0.15, 0.2) is 0 Å². The summed E-state index contributed by atoms with van der Waals surface area (Å²) in [6.45, 7) is 5.37. The Morgan fingerprint density at radius 2 is 1.69 bits per heavy atom. The van der Waals surface area contributed by atoms with Crippen LogP contribution >= 0.6 is 0 Å². The first-order valence-corrected chi connectivity index (χ1v) is 9.90. The van der Waals surface area contributed by atoms with E-state index in [1.165, 1.54) is 12.8 Å². The number of carbonyl (C=O) groups excluding carboxylic acids is 1. The van der Waals surface area contributed by atoms with E-state index in [1.54, 1.807) is 12.1 Å². The molecule has 2 saturated heterocycles. The summed E-state index contributed by atoms with van der Waals surface area (Å²) in [7, 11) is 0. The molecule has 2 heterocycles. The molecule has 0 aromatic heterocycles. The van der Waals surface area contributed by atoms with E-state index in [0.29, 0.717) is 18.1 Å². The summed E-state index contributed by atoms with van der Waals surface area (Å²) in [5.41, 5.74) is 0.647. The van der Waals surface area contributed by atoms with Gasteiger partial charge in [-0.2, -0.15) is 5.26 Å². The number of rotatable bonds is 5. The van der Waals surface area contributed by atoms with E-state index in [0.717, 1.165) is 64.2 Å². The fourth-order valence-electron chi connectivity index (χ4n) is 3.87. The quantitative estimate of drug-likeness (QED) is 0.815. The fraction of sp³-hybridized carbons (Fsp3) is 0.619. The summed E-state index contributed by atoms with van der Waals surface area (Å²) in [6, 6.07) is 9.33. The maximum atomic E-state index is 12.7. The molecule has 0 atom stereocenters. The third-order valence-electron chi connectivity index (χ3n) is 5.51. The molecule has 0 N–H and O–H groups in total. The highest BCUT2D eigenvalue weighted by atomic mass is 16.5. The normalized spacial score (nSPS) is 19.6. The van der Waals surface area contributed by atoms with Gasteiger partial charge in [0.2, 0.25) is 5.91 Å². The highest BCUT2D eigenvalue weighted by Crippen LogP contribution is 2.22. The smallest absolute Gasteiger partial charge is 0.225 e. The second-order valence-corrected chi connectivity index (χ2v) is 7.34. The zero-order valence-electron chi connectivity index (χ0n) is 15.5. The summed E-state index contributed by atoms with van der Waals surface area (Å²) < 4.78 is 5.77. The zero-order valence-corrected chi connectivity index (χ0v) is 15.5. The standard InChI is InChI=1S/C21H29N3O2/c22-17-18-5-7-20(8-6-18)26-16-15-23-13-9-19(10-14-23)21(25)24-11-3-1-2-4-12-24/h5-8,19H,1-4,9-16H2. The van der Waals surface area contributed by atoms with Crippen molar-refractivity contribution in [3.05, 3.63) is 29.8 Å². The van der Waals surface area contributed by atoms with Crippen LogP contribution in [0.15, 0.2) is 24.3 Å². The third-order valence-corrected chi connectivity index (χ3v) is 5.51. The molecule has 0 radical (unpaired) electrons. The Balaban J connectivity index is 1.36. The summed E-state index contributed by atoms with van der Waals surface area (Å²) in [5, 5.41) is 8.81. The molecule has 0 unspecified atom stereocenters. The van der Waals surface area contributed by atoms with E-state index in [4.69, 9.17) is 10.00 Å². The fourth-order valence-corrected chi connectivity index (χ4v) is 3.87. The molecule has 0 bridgehead atoms. The minimum absolute atomic E-state index is 0.212. The van der Waals surface area contributed by atoms with Crippen LogP contribution in [-0.4, -0.2) is 55.0 Å². The van der Waals surface area contributed by atoms with Gasteiger partial charge in [0.25, 0.3) is 0 Å². The number of carbonyl (C=O) groups is 1. The van der Waals surface area contributed by atoms with Gasteiger partial charge in [-0.15, -0.1) is 0 Å². The number of nitriles is 1. The lowest BCUT2D eigenvalue weighted by molar-refractivity contribution is -0.137. The van der Waals surface area contributed by atoms with Gasteiger partial charge < -0.3 is 9.64 Å². The van der Waals surface area contributed by atoms with Crippen molar-refractivity contribution in [2.45, 2.75) is 38.5 Å². The molecule has 2 aliphatic heterocycles. The number of hydrogen-bond donors (Lipinski definition) is 0. The minimum Gasteiger partial charge on any atom is -0.492 e. The predicted octanol–water partition coefficient (Wildman–Crippen LogP) is 3.05. The number of ether oxygens (including phenoxy) is 1. The Morgan fingerprint density at radius 1 is 1.04 bits per heavy atom. The largest absolute Gasteiger partial charge is 0.492 e. The van der Waals surface area contributed by atoms with Crippen molar-refractivity contribution >= 4 is 5.91 Å². The van der Waals surface area contributed by atoms with E-state index in [-0.39, 0.29) is 5.92 Å². The molecular weight excluding hydrogens is 326 g/mol. The molecule has 1 amide bonds. The van der Waals surface area contributed by atoms with Gasteiger partial charge >= 0.3 is 0 Å². The van der Waals surface area contributed by atoms with Crippen molar-refractivity contribution < 1.29 is 9.53 Å². The number of nitrogens with zero attached hydrogens (tertiary/aromatic N) is 3. The lowest BCUT2D eigenvalue weighted by Gasteiger charge is -2.33. The van der Waals surface area contributed by atoms with Gasteiger partial charge in [-0.3, -0.25) is 9.69 Å². The van der Waals surface area contributed by atoms with Crippen LogP contribution in [0.1, 0.15) is 44.1 Å². The maximum Gasteiger partial charge on any atom is 0.225 e. The van der Waals surface area contributed by atoms with Crippen LogP contribution in [-0.2, 0) is 4.79 Å². The van der Waals surface area contributed by atoms with E-state index < -0.39 is 0 Å². The minimum atomic E-state index is 0.212. The number of amides is 1. The van der Waals surface area contributed by atoms with Gasteiger partial charge in [0.05, 0.1) is 11.6 Å². The number of likely N-dealkylation sites (tertiary alicyclic amines) is 2. The first-order chi connectivity index (χ1) is 12.8. The molecule has 1 aromatic rings. The summed E-state index contributed by atoms with van der Waals surface area (Å²) in [4.78, 5) is 17.2. The van der Waals surface area contributed by atoms with Crippen molar-refractivity contribution in [2.24, 2.45) is 5.92 Å². The molecule has 5 heteroatoms. The number of hydrogen-bond acceptors (Lipinski definition) is 4. The lowest BCUT2D eigenvalue weighted by Crippen LogP contribution is -2.43. The van der Waals surface area contributed by atoms with E-state index in [9.17, 15) is 4.79 Å². The van der Waals surface area contributed by atoms with Gasteiger partial charge in [0.1, 0.15) is 12.4 Å². The highest BCUT2D eigenvalue weighted by molar-refractivity contribution is 5.79. The van der Waals surface area contributed by atoms with Crippen molar-refractivity contribution in [2.75, 3.05) is 39.3 Å². The second kappa shape index (κ2) is 9.59. The molecular formula is C21H29N3O2. The summed E-state index contributed by atoms with van der Waals surface area (Å²) in [6.07, 6.45) is 6.79. The van der Waals surface area contributed by atoms with Crippen LogP contribution in [0.5, 0.6) is 5.75 Å². The highest BCUT2D eigenvalue weighted by Gasteiger charge is 2.28. The molecule has 1 aromatic carbocycles.